The molecule has 0 aromatic heterocycles. The van der Waals surface area contributed by atoms with E-state index in [-0.39, 0.29) is 0 Å². The number of hydrogen-bond donors (Lipinski definition) is 0. The van der Waals surface area contributed by atoms with Gasteiger partial charge in [0, 0.05) is 0 Å². The first-order valence-corrected chi connectivity index (χ1v) is 5.05. The lowest BCUT2D eigenvalue weighted by Gasteiger charge is -2.03. The molecule has 0 N–H and O–H groups in total. The van der Waals surface area contributed by atoms with E-state index in [4.69, 9.17) is 39.5 Å². The Morgan fingerprint density at radius 2 is 1.71 bits per heavy atom. The van der Waals surface area contributed by atoms with Crippen LogP contribution in [0.15, 0.2) is 30.3 Å². The standard InChI is InChI=1S/C10H9Cl3O/c1-14-9-4-2-8(3-5-9)6-7-10(11,12)13/h2-7H,1H3. The molecule has 0 spiro atoms. The lowest BCUT2D eigenvalue weighted by atomic mass is 10.2. The van der Waals surface area contributed by atoms with Gasteiger partial charge in [-0.05, 0) is 23.8 Å². The summed E-state index contributed by atoms with van der Waals surface area (Å²) in [4.78, 5) is 0. The number of benzene rings is 1. The van der Waals surface area contributed by atoms with Crippen LogP contribution in [-0.2, 0) is 0 Å². The topological polar surface area (TPSA) is 9.23 Å². The smallest absolute Gasteiger partial charge is 0.209 e. The van der Waals surface area contributed by atoms with Gasteiger partial charge in [-0.3, -0.25) is 0 Å². The minimum absolute atomic E-state index is 0.802. The van der Waals surface area contributed by atoms with Crippen molar-refractivity contribution in [1.82, 2.24) is 0 Å². The van der Waals surface area contributed by atoms with E-state index in [2.05, 4.69) is 0 Å². The van der Waals surface area contributed by atoms with Crippen LogP contribution in [0.2, 0.25) is 0 Å². The van der Waals surface area contributed by atoms with Gasteiger partial charge >= 0.3 is 0 Å². The average Bonchev–Trinajstić information content (AvgIpc) is 2.14. The zero-order chi connectivity index (χ0) is 10.6. The number of ether oxygens (including phenoxy) is 1. The number of rotatable bonds is 2. The van der Waals surface area contributed by atoms with E-state index in [1.54, 1.807) is 13.2 Å². The quantitative estimate of drug-likeness (QED) is 0.720. The molecule has 76 valence electrons. The Morgan fingerprint density at radius 3 is 2.14 bits per heavy atom. The molecule has 1 aromatic carbocycles. The monoisotopic (exact) mass is 250 g/mol. The summed E-state index contributed by atoms with van der Waals surface area (Å²) in [6, 6.07) is 7.45. The van der Waals surface area contributed by atoms with Crippen LogP contribution in [0.25, 0.3) is 6.08 Å². The van der Waals surface area contributed by atoms with Crippen LogP contribution in [0.4, 0.5) is 0 Å². The van der Waals surface area contributed by atoms with Crippen molar-refractivity contribution >= 4 is 40.9 Å². The highest BCUT2D eigenvalue weighted by Gasteiger charge is 2.13. The predicted molar refractivity (Wildman–Crippen MR) is 62.3 cm³/mol. The van der Waals surface area contributed by atoms with Crippen molar-refractivity contribution in [2.75, 3.05) is 7.11 Å². The molecular formula is C10H9Cl3O. The summed E-state index contributed by atoms with van der Waals surface area (Å²) in [5.41, 5.74) is 0.956. The molecule has 0 unspecified atom stereocenters. The maximum atomic E-state index is 5.56. The SMILES string of the molecule is COc1ccc(C=CC(Cl)(Cl)Cl)cc1. The summed E-state index contributed by atoms with van der Waals surface area (Å²) in [6.45, 7) is 0. The largest absolute Gasteiger partial charge is 0.497 e. The summed E-state index contributed by atoms with van der Waals surface area (Å²) < 4.78 is 3.67. The lowest BCUT2D eigenvalue weighted by Crippen LogP contribution is -1.93. The van der Waals surface area contributed by atoms with Gasteiger partial charge in [-0.1, -0.05) is 53.0 Å². The van der Waals surface area contributed by atoms with Crippen LogP contribution in [0, 0.1) is 0 Å². The van der Waals surface area contributed by atoms with Crippen molar-refractivity contribution in [2.45, 2.75) is 3.79 Å². The maximum Gasteiger partial charge on any atom is 0.209 e. The van der Waals surface area contributed by atoms with Gasteiger partial charge in [-0.25, -0.2) is 0 Å². The van der Waals surface area contributed by atoms with Crippen molar-refractivity contribution in [1.29, 1.82) is 0 Å². The molecule has 0 fully saturated rings. The van der Waals surface area contributed by atoms with Crippen LogP contribution in [0.5, 0.6) is 5.75 Å². The Morgan fingerprint density at radius 1 is 1.14 bits per heavy atom. The third kappa shape index (κ3) is 4.23. The molecule has 1 rings (SSSR count). The third-order valence-electron chi connectivity index (χ3n) is 1.58. The highest BCUT2D eigenvalue weighted by atomic mass is 35.6. The van der Waals surface area contributed by atoms with E-state index in [1.165, 1.54) is 6.08 Å². The number of halogens is 3. The summed E-state index contributed by atoms with van der Waals surface area (Å²) in [7, 11) is 1.62. The number of methoxy groups -OCH3 is 1. The lowest BCUT2D eigenvalue weighted by molar-refractivity contribution is 0.415. The molecule has 0 heterocycles. The Labute approximate surface area is 98.2 Å². The average molecular weight is 252 g/mol. The fourth-order valence-corrected chi connectivity index (χ4v) is 1.09. The summed E-state index contributed by atoms with van der Waals surface area (Å²) >= 11 is 16.7. The van der Waals surface area contributed by atoms with Crippen LogP contribution >= 0.6 is 34.8 Å². The van der Waals surface area contributed by atoms with Crippen molar-refractivity contribution in [2.24, 2.45) is 0 Å². The molecule has 0 aliphatic carbocycles. The van der Waals surface area contributed by atoms with Crippen LogP contribution in [0.3, 0.4) is 0 Å². The molecule has 0 atom stereocenters. The normalized spacial score (nSPS) is 12.0. The second-order valence-corrected chi connectivity index (χ2v) is 5.02. The number of alkyl halides is 3. The minimum Gasteiger partial charge on any atom is -0.497 e. The molecule has 0 aliphatic rings. The van der Waals surface area contributed by atoms with Gasteiger partial charge in [0.15, 0.2) is 0 Å². The maximum absolute atomic E-state index is 5.56. The fourth-order valence-electron chi connectivity index (χ4n) is 0.906. The molecule has 14 heavy (non-hydrogen) atoms. The highest BCUT2D eigenvalue weighted by molar-refractivity contribution is 6.69. The molecule has 0 saturated heterocycles. The highest BCUT2D eigenvalue weighted by Crippen LogP contribution is 2.28. The predicted octanol–water partition coefficient (Wildman–Crippen LogP) is 4.08. The molecule has 1 nitrogen and oxygen atoms in total. The molecule has 0 aliphatic heterocycles. The summed E-state index contributed by atoms with van der Waals surface area (Å²) in [5.74, 6) is 0.802. The minimum atomic E-state index is -1.35. The van der Waals surface area contributed by atoms with Gasteiger partial charge in [0.05, 0.1) is 7.11 Å². The summed E-state index contributed by atoms with van der Waals surface area (Å²) in [6.07, 6.45) is 3.24. The van der Waals surface area contributed by atoms with Crippen molar-refractivity contribution in [3.05, 3.63) is 35.9 Å². The van der Waals surface area contributed by atoms with Gasteiger partial charge in [0.1, 0.15) is 5.75 Å². The summed E-state index contributed by atoms with van der Waals surface area (Å²) in [5, 5.41) is 0. The Hall–Kier alpha value is -0.370. The number of allylic oxidation sites excluding steroid dienone is 1. The third-order valence-corrected chi connectivity index (χ3v) is 1.96. The van der Waals surface area contributed by atoms with Crippen LogP contribution < -0.4 is 4.74 Å². The van der Waals surface area contributed by atoms with Gasteiger partial charge in [-0.15, -0.1) is 0 Å². The van der Waals surface area contributed by atoms with Gasteiger partial charge in [-0.2, -0.15) is 0 Å². The van der Waals surface area contributed by atoms with E-state index >= 15 is 0 Å². The molecular weight excluding hydrogens is 242 g/mol. The van der Waals surface area contributed by atoms with Crippen molar-refractivity contribution in [3.63, 3.8) is 0 Å². The number of hydrogen-bond acceptors (Lipinski definition) is 1. The van der Waals surface area contributed by atoms with Crippen LogP contribution in [-0.4, -0.2) is 10.9 Å². The molecule has 0 bridgehead atoms. The van der Waals surface area contributed by atoms with E-state index in [1.807, 2.05) is 24.3 Å². The van der Waals surface area contributed by atoms with Gasteiger partial charge < -0.3 is 4.74 Å². The molecule has 0 saturated carbocycles. The molecule has 1 aromatic rings. The fraction of sp³-hybridized carbons (Fsp3) is 0.200. The van der Waals surface area contributed by atoms with Crippen molar-refractivity contribution < 1.29 is 4.74 Å². The molecule has 4 heteroatoms. The molecule has 0 radical (unpaired) electrons. The zero-order valence-electron chi connectivity index (χ0n) is 7.51. The van der Waals surface area contributed by atoms with E-state index in [0.717, 1.165) is 11.3 Å². The second kappa shape index (κ2) is 4.92. The Bertz CT molecular complexity index is 311. The van der Waals surface area contributed by atoms with E-state index in [9.17, 15) is 0 Å². The first-order valence-electron chi connectivity index (χ1n) is 3.91. The first-order chi connectivity index (χ1) is 6.51. The first kappa shape index (κ1) is 11.7. The van der Waals surface area contributed by atoms with Gasteiger partial charge in [0.2, 0.25) is 3.79 Å². The second-order valence-electron chi connectivity index (χ2n) is 2.65. The van der Waals surface area contributed by atoms with E-state index < -0.39 is 3.79 Å². The molecule has 0 amide bonds. The Balaban J connectivity index is 2.74. The zero-order valence-corrected chi connectivity index (χ0v) is 9.77. The Kier molecular flexibility index (Phi) is 4.11. The van der Waals surface area contributed by atoms with Gasteiger partial charge in [0.25, 0.3) is 0 Å². The van der Waals surface area contributed by atoms with E-state index in [0.29, 0.717) is 0 Å². The van der Waals surface area contributed by atoms with Crippen LogP contribution in [0.1, 0.15) is 5.56 Å². The van der Waals surface area contributed by atoms with Crippen molar-refractivity contribution in [3.8, 4) is 5.75 Å².